The topological polar surface area (TPSA) is 62.5 Å². The molecule has 208 valence electrons. The predicted molar refractivity (Wildman–Crippen MR) is 169 cm³/mol. The first-order chi connectivity index (χ1) is 21.1. The van der Waals surface area contributed by atoms with E-state index in [2.05, 4.69) is 67.6 Å². The van der Waals surface area contributed by atoms with E-state index in [0.29, 0.717) is 29.3 Å². The van der Waals surface area contributed by atoms with Crippen LogP contribution < -0.4 is 0 Å². The fourth-order valence-electron chi connectivity index (χ4n) is 9.55. The summed E-state index contributed by atoms with van der Waals surface area (Å²) in [4.78, 5) is 15.0. The van der Waals surface area contributed by atoms with Gasteiger partial charge in [-0.3, -0.25) is 0 Å². The number of aromatic nitrogens is 3. The number of fused-ring (bicyclic) bond motifs is 3. The van der Waals surface area contributed by atoms with E-state index < -0.39 is 0 Å². The number of aryl methyl sites for hydroxylation is 1. The highest BCUT2D eigenvalue weighted by molar-refractivity contribution is 5.86. The summed E-state index contributed by atoms with van der Waals surface area (Å²) in [6, 6.07) is 34.4. The van der Waals surface area contributed by atoms with Crippen molar-refractivity contribution in [1.82, 2.24) is 15.0 Å². The number of nitriles is 1. The normalized spacial score (nSPS) is 25.9. The Balaban J connectivity index is 1.26. The van der Waals surface area contributed by atoms with Gasteiger partial charge in [-0.25, -0.2) is 15.0 Å². The Bertz CT molecular complexity index is 1870. The van der Waals surface area contributed by atoms with Crippen LogP contribution in [-0.4, -0.2) is 15.0 Å². The van der Waals surface area contributed by atoms with Crippen molar-refractivity contribution < 1.29 is 0 Å². The second-order valence-electron chi connectivity index (χ2n) is 13.3. The lowest BCUT2D eigenvalue weighted by Crippen LogP contribution is -2.55. The third kappa shape index (κ3) is 3.58. The summed E-state index contributed by atoms with van der Waals surface area (Å²) in [6.45, 7) is 2.08. The van der Waals surface area contributed by atoms with Crippen molar-refractivity contribution >= 4 is 0 Å². The molecule has 1 aromatic heterocycles. The highest BCUT2D eigenvalue weighted by Crippen LogP contribution is 2.69. The van der Waals surface area contributed by atoms with E-state index in [-0.39, 0.29) is 5.41 Å². The second-order valence-corrected chi connectivity index (χ2v) is 13.3. The van der Waals surface area contributed by atoms with Crippen LogP contribution in [0.2, 0.25) is 0 Å². The lowest BCUT2D eigenvalue weighted by atomic mass is 9.43. The Morgan fingerprint density at radius 3 is 1.70 bits per heavy atom. The molecular formula is C39H32N4. The van der Waals surface area contributed by atoms with Crippen molar-refractivity contribution in [2.45, 2.75) is 44.4 Å². The van der Waals surface area contributed by atoms with Crippen LogP contribution in [-0.2, 0) is 5.41 Å². The van der Waals surface area contributed by atoms with Gasteiger partial charge in [0.25, 0.3) is 0 Å². The van der Waals surface area contributed by atoms with E-state index in [1.54, 1.807) is 0 Å². The standard InChI is InChI=1S/C39H32N4/c1-23-14-32-33-20-28(38-42-36(26-8-4-2-5-9-26)41-37(43-38)27-10-6-3-7-11-27)12-13-34(33)39(35(32)21-29(23)22-40)30-16-24-15-25(18-30)19-31(39)17-24/h2-14,20-21,24-25,30-31H,15-19H2,1H3. The molecule has 1 spiro atoms. The summed E-state index contributed by atoms with van der Waals surface area (Å²) in [5, 5.41) is 10.1. The number of hydrogen-bond donors (Lipinski definition) is 0. The SMILES string of the molecule is Cc1cc2c(cc1C#N)C1(c3ccc(-c4nc(-c5ccccc5)nc(-c5ccccc5)n4)cc3-2)C2CC3CC(C2)CC1C3. The molecule has 5 aliphatic carbocycles. The summed E-state index contributed by atoms with van der Waals surface area (Å²) in [5.74, 6) is 5.09. The number of rotatable bonds is 3. The molecule has 5 aromatic rings. The van der Waals surface area contributed by atoms with Gasteiger partial charge in [-0.05, 0) is 109 Å². The quantitative estimate of drug-likeness (QED) is 0.223. The zero-order valence-electron chi connectivity index (χ0n) is 24.3. The molecule has 4 bridgehead atoms. The molecule has 0 aliphatic heterocycles. The van der Waals surface area contributed by atoms with Gasteiger partial charge in [0.2, 0.25) is 0 Å². The van der Waals surface area contributed by atoms with Gasteiger partial charge in [-0.2, -0.15) is 5.26 Å². The molecule has 4 fully saturated rings. The summed E-state index contributed by atoms with van der Waals surface area (Å²) in [5.41, 5.74) is 10.3. The van der Waals surface area contributed by atoms with Gasteiger partial charge >= 0.3 is 0 Å². The molecule has 0 amide bonds. The largest absolute Gasteiger partial charge is 0.208 e. The van der Waals surface area contributed by atoms with Crippen molar-refractivity contribution in [1.29, 1.82) is 5.26 Å². The monoisotopic (exact) mass is 556 g/mol. The van der Waals surface area contributed by atoms with Gasteiger partial charge in [0.1, 0.15) is 0 Å². The van der Waals surface area contributed by atoms with Crippen LogP contribution in [0.1, 0.15) is 54.4 Å². The van der Waals surface area contributed by atoms with Crippen LogP contribution in [0, 0.1) is 41.9 Å². The maximum Gasteiger partial charge on any atom is 0.164 e. The van der Waals surface area contributed by atoms with E-state index in [4.69, 9.17) is 15.0 Å². The molecule has 0 radical (unpaired) electrons. The smallest absolute Gasteiger partial charge is 0.164 e. The zero-order valence-corrected chi connectivity index (χ0v) is 24.3. The molecule has 4 nitrogen and oxygen atoms in total. The maximum atomic E-state index is 10.1. The maximum absolute atomic E-state index is 10.1. The average Bonchev–Trinajstić information content (AvgIpc) is 3.32. The van der Waals surface area contributed by atoms with E-state index >= 15 is 0 Å². The molecule has 4 heteroatoms. The minimum absolute atomic E-state index is 0.0133. The van der Waals surface area contributed by atoms with Gasteiger partial charge in [0.05, 0.1) is 11.6 Å². The molecule has 10 rings (SSSR count). The fourth-order valence-corrected chi connectivity index (χ4v) is 9.55. The minimum Gasteiger partial charge on any atom is -0.208 e. The molecule has 43 heavy (non-hydrogen) atoms. The van der Waals surface area contributed by atoms with Gasteiger partial charge in [0, 0.05) is 22.1 Å². The van der Waals surface area contributed by atoms with Gasteiger partial charge in [-0.1, -0.05) is 72.8 Å². The Kier molecular flexibility index (Phi) is 5.33. The fraction of sp³-hybridized carbons (Fsp3) is 0.282. The molecule has 0 N–H and O–H groups in total. The van der Waals surface area contributed by atoms with Crippen molar-refractivity contribution in [2.24, 2.45) is 23.7 Å². The molecule has 0 unspecified atom stereocenters. The number of hydrogen-bond acceptors (Lipinski definition) is 4. The van der Waals surface area contributed by atoms with Crippen molar-refractivity contribution in [3.05, 3.63) is 113 Å². The number of benzene rings is 4. The molecule has 5 aliphatic rings. The van der Waals surface area contributed by atoms with E-state index in [9.17, 15) is 5.26 Å². The molecule has 0 atom stereocenters. The van der Waals surface area contributed by atoms with Crippen LogP contribution in [0.4, 0.5) is 0 Å². The third-order valence-electron chi connectivity index (χ3n) is 11.1. The molecule has 0 saturated heterocycles. The van der Waals surface area contributed by atoms with Crippen molar-refractivity contribution in [3.8, 4) is 51.4 Å². The first kappa shape index (κ1) is 24.9. The predicted octanol–water partition coefficient (Wildman–Crippen LogP) is 8.78. The van der Waals surface area contributed by atoms with Crippen LogP contribution in [0.15, 0.2) is 91.0 Å². The first-order valence-electron chi connectivity index (χ1n) is 15.7. The Labute approximate surface area is 252 Å². The molecule has 4 saturated carbocycles. The Hall–Kier alpha value is -4.62. The summed E-state index contributed by atoms with van der Waals surface area (Å²) in [6.07, 6.45) is 6.69. The van der Waals surface area contributed by atoms with Crippen LogP contribution in [0.3, 0.4) is 0 Å². The Morgan fingerprint density at radius 2 is 1.14 bits per heavy atom. The third-order valence-corrected chi connectivity index (χ3v) is 11.1. The van der Waals surface area contributed by atoms with Crippen molar-refractivity contribution in [3.63, 3.8) is 0 Å². The summed E-state index contributed by atoms with van der Waals surface area (Å²) >= 11 is 0. The van der Waals surface area contributed by atoms with Gasteiger partial charge in [-0.15, -0.1) is 0 Å². The molecular weight excluding hydrogens is 524 g/mol. The van der Waals surface area contributed by atoms with Gasteiger partial charge < -0.3 is 0 Å². The average molecular weight is 557 g/mol. The summed E-state index contributed by atoms with van der Waals surface area (Å²) < 4.78 is 0. The van der Waals surface area contributed by atoms with Crippen LogP contribution in [0.5, 0.6) is 0 Å². The van der Waals surface area contributed by atoms with Crippen LogP contribution >= 0.6 is 0 Å². The summed E-state index contributed by atoms with van der Waals surface area (Å²) in [7, 11) is 0. The second kappa shape index (κ2) is 9.19. The van der Waals surface area contributed by atoms with Crippen LogP contribution in [0.25, 0.3) is 45.3 Å². The minimum atomic E-state index is 0.0133. The lowest BCUT2D eigenvalue weighted by molar-refractivity contribution is -0.0399. The van der Waals surface area contributed by atoms with Gasteiger partial charge in [0.15, 0.2) is 17.5 Å². The highest BCUT2D eigenvalue weighted by atomic mass is 15.0. The van der Waals surface area contributed by atoms with E-state index in [1.165, 1.54) is 54.4 Å². The lowest BCUT2D eigenvalue weighted by Gasteiger charge is -2.61. The van der Waals surface area contributed by atoms with E-state index in [0.717, 1.165) is 39.7 Å². The first-order valence-corrected chi connectivity index (χ1v) is 15.7. The van der Waals surface area contributed by atoms with Crippen molar-refractivity contribution in [2.75, 3.05) is 0 Å². The highest BCUT2D eigenvalue weighted by Gasteiger charge is 2.61. The molecule has 4 aromatic carbocycles. The van der Waals surface area contributed by atoms with E-state index in [1.807, 2.05) is 36.4 Å². The molecule has 1 heterocycles. The zero-order chi connectivity index (χ0) is 28.7. The number of nitrogens with zero attached hydrogens (tertiary/aromatic N) is 4. The Morgan fingerprint density at radius 1 is 0.605 bits per heavy atom.